The van der Waals surface area contributed by atoms with Gasteiger partial charge in [-0.1, -0.05) is 52.4 Å². The summed E-state index contributed by atoms with van der Waals surface area (Å²) in [6, 6.07) is 0. The molecule has 0 atom stereocenters. The molecule has 2 aliphatic rings. The Morgan fingerprint density at radius 2 is 1.29 bits per heavy atom. The molecule has 0 heterocycles. The summed E-state index contributed by atoms with van der Waals surface area (Å²) in [7, 11) is 0. The van der Waals surface area contributed by atoms with E-state index in [4.69, 9.17) is 4.74 Å². The molecule has 1 heteroatoms. The zero-order valence-electron chi connectivity index (χ0n) is 14.6. The van der Waals surface area contributed by atoms with Gasteiger partial charge in [-0.05, 0) is 62.7 Å². The molecular weight excluding hydrogens is 256 g/mol. The van der Waals surface area contributed by atoms with E-state index in [-0.39, 0.29) is 0 Å². The van der Waals surface area contributed by atoms with Crippen LogP contribution in [0.15, 0.2) is 0 Å². The van der Waals surface area contributed by atoms with Crippen molar-refractivity contribution in [1.82, 2.24) is 0 Å². The van der Waals surface area contributed by atoms with Gasteiger partial charge in [-0.25, -0.2) is 0 Å². The topological polar surface area (TPSA) is 9.23 Å². The zero-order chi connectivity index (χ0) is 14.9. The molecule has 2 fully saturated rings. The van der Waals surface area contributed by atoms with Gasteiger partial charge in [-0.15, -0.1) is 0 Å². The summed E-state index contributed by atoms with van der Waals surface area (Å²) in [5, 5.41) is 0. The Kier molecular flexibility index (Phi) is 8.14. The molecule has 0 aromatic heterocycles. The molecule has 0 aromatic rings. The van der Waals surface area contributed by atoms with Gasteiger partial charge in [-0.3, -0.25) is 0 Å². The Morgan fingerprint density at radius 1 is 0.714 bits per heavy atom. The second-order valence-electron chi connectivity index (χ2n) is 7.68. The fourth-order valence-corrected chi connectivity index (χ4v) is 4.56. The molecule has 2 saturated carbocycles. The van der Waals surface area contributed by atoms with Crippen LogP contribution in [-0.2, 0) is 4.74 Å². The van der Waals surface area contributed by atoms with Crippen molar-refractivity contribution in [1.29, 1.82) is 0 Å². The summed E-state index contributed by atoms with van der Waals surface area (Å²) in [4.78, 5) is 0. The first-order valence-corrected chi connectivity index (χ1v) is 9.95. The maximum atomic E-state index is 6.02. The van der Waals surface area contributed by atoms with Crippen LogP contribution in [0.5, 0.6) is 0 Å². The van der Waals surface area contributed by atoms with Crippen molar-refractivity contribution in [2.75, 3.05) is 6.61 Å². The van der Waals surface area contributed by atoms with Crippen molar-refractivity contribution in [3.05, 3.63) is 0 Å². The van der Waals surface area contributed by atoms with Crippen molar-refractivity contribution < 1.29 is 4.74 Å². The normalized spacial score (nSPS) is 34.0. The first-order chi connectivity index (χ1) is 10.3. The second kappa shape index (κ2) is 9.87. The first kappa shape index (κ1) is 17.3. The molecule has 0 spiro atoms. The van der Waals surface area contributed by atoms with Gasteiger partial charge in [0.2, 0.25) is 0 Å². The molecule has 0 bridgehead atoms. The van der Waals surface area contributed by atoms with E-state index in [1.54, 1.807) is 0 Å². The van der Waals surface area contributed by atoms with Crippen LogP contribution in [0.2, 0.25) is 0 Å². The smallest absolute Gasteiger partial charge is 0.0575 e. The van der Waals surface area contributed by atoms with Crippen molar-refractivity contribution >= 4 is 0 Å². The Balaban J connectivity index is 1.60. The highest BCUT2D eigenvalue weighted by atomic mass is 16.5. The van der Waals surface area contributed by atoms with Crippen LogP contribution in [0.4, 0.5) is 0 Å². The van der Waals surface area contributed by atoms with Gasteiger partial charge >= 0.3 is 0 Å². The summed E-state index contributed by atoms with van der Waals surface area (Å²) < 4.78 is 6.02. The number of hydrogen-bond acceptors (Lipinski definition) is 1. The van der Waals surface area contributed by atoms with Crippen molar-refractivity contribution in [2.24, 2.45) is 17.8 Å². The van der Waals surface area contributed by atoms with E-state index < -0.39 is 0 Å². The number of unbranched alkanes of at least 4 members (excludes halogenated alkanes) is 2. The molecule has 0 saturated heterocycles. The fraction of sp³-hybridized carbons (Fsp3) is 1.00. The quantitative estimate of drug-likeness (QED) is 0.473. The van der Waals surface area contributed by atoms with E-state index in [0.717, 1.165) is 24.4 Å². The average molecular weight is 295 g/mol. The minimum absolute atomic E-state index is 0.591. The molecule has 124 valence electrons. The van der Waals surface area contributed by atoms with Gasteiger partial charge < -0.3 is 4.74 Å². The first-order valence-electron chi connectivity index (χ1n) is 9.95. The highest BCUT2D eigenvalue weighted by Crippen LogP contribution is 2.41. The van der Waals surface area contributed by atoms with E-state index in [0.29, 0.717) is 6.10 Å². The van der Waals surface area contributed by atoms with E-state index in [1.165, 1.54) is 83.5 Å². The van der Waals surface area contributed by atoms with Gasteiger partial charge in [0.05, 0.1) is 6.10 Å². The highest BCUT2D eigenvalue weighted by molar-refractivity contribution is 4.82. The predicted molar refractivity (Wildman–Crippen MR) is 91.6 cm³/mol. The molecule has 0 aromatic carbocycles. The lowest BCUT2D eigenvalue weighted by Crippen LogP contribution is -2.28. The van der Waals surface area contributed by atoms with Gasteiger partial charge in [0, 0.05) is 6.61 Å². The summed E-state index contributed by atoms with van der Waals surface area (Å²) in [6.45, 7) is 5.57. The van der Waals surface area contributed by atoms with Gasteiger partial charge in [-0.2, -0.15) is 0 Å². The molecule has 2 aliphatic carbocycles. The molecule has 1 nitrogen and oxygen atoms in total. The third-order valence-electron chi connectivity index (χ3n) is 6.09. The van der Waals surface area contributed by atoms with E-state index in [2.05, 4.69) is 13.8 Å². The van der Waals surface area contributed by atoms with E-state index in [9.17, 15) is 0 Å². The van der Waals surface area contributed by atoms with Gasteiger partial charge in [0.15, 0.2) is 0 Å². The lowest BCUT2D eigenvalue weighted by atomic mass is 9.70. The van der Waals surface area contributed by atoms with Crippen molar-refractivity contribution in [3.63, 3.8) is 0 Å². The molecule has 2 rings (SSSR count). The SMILES string of the molecule is CCCCO[C@H]1CC[C@H](C2CCC(CCCC)CC2)CC1. The molecular formula is C20H38O. The largest absolute Gasteiger partial charge is 0.378 e. The van der Waals surface area contributed by atoms with Crippen molar-refractivity contribution in [3.8, 4) is 0 Å². The van der Waals surface area contributed by atoms with Crippen LogP contribution in [-0.4, -0.2) is 12.7 Å². The molecule has 0 amide bonds. The lowest BCUT2D eigenvalue weighted by Gasteiger charge is -2.37. The van der Waals surface area contributed by atoms with Crippen LogP contribution in [0.1, 0.15) is 97.3 Å². The van der Waals surface area contributed by atoms with Crippen LogP contribution in [0.3, 0.4) is 0 Å². The maximum absolute atomic E-state index is 6.02. The van der Waals surface area contributed by atoms with Crippen LogP contribution < -0.4 is 0 Å². The fourth-order valence-electron chi connectivity index (χ4n) is 4.56. The number of ether oxygens (including phenoxy) is 1. The summed E-state index contributed by atoms with van der Waals surface area (Å²) in [5.41, 5.74) is 0. The third-order valence-corrected chi connectivity index (χ3v) is 6.09. The number of rotatable bonds is 8. The highest BCUT2D eigenvalue weighted by Gasteiger charge is 2.30. The predicted octanol–water partition coefficient (Wildman–Crippen LogP) is 6.36. The Morgan fingerprint density at radius 3 is 1.86 bits per heavy atom. The van der Waals surface area contributed by atoms with Crippen LogP contribution in [0.25, 0.3) is 0 Å². The second-order valence-corrected chi connectivity index (χ2v) is 7.68. The molecule has 0 unspecified atom stereocenters. The summed E-state index contributed by atoms with van der Waals surface area (Å²) in [5.74, 6) is 3.15. The lowest BCUT2D eigenvalue weighted by molar-refractivity contribution is 0.00577. The zero-order valence-corrected chi connectivity index (χ0v) is 14.6. The van der Waals surface area contributed by atoms with Gasteiger partial charge in [0.25, 0.3) is 0 Å². The average Bonchev–Trinajstić information content (AvgIpc) is 2.54. The Hall–Kier alpha value is -0.0400. The molecule has 21 heavy (non-hydrogen) atoms. The standard InChI is InChI=1S/C20H38O/c1-3-5-7-17-8-10-18(11-9-17)19-12-14-20(15-13-19)21-16-6-4-2/h17-20H,3-16H2,1-2H3/t17?,18?,19-,20-. The molecule has 0 N–H and O–H groups in total. The van der Waals surface area contributed by atoms with Crippen LogP contribution in [0, 0.1) is 17.8 Å². The minimum atomic E-state index is 0.591. The summed E-state index contributed by atoms with van der Waals surface area (Å²) >= 11 is 0. The van der Waals surface area contributed by atoms with Crippen LogP contribution >= 0.6 is 0 Å². The molecule has 0 aliphatic heterocycles. The van der Waals surface area contributed by atoms with E-state index >= 15 is 0 Å². The summed E-state index contributed by atoms with van der Waals surface area (Å²) in [6.07, 6.45) is 19.1. The Bertz CT molecular complexity index is 247. The Labute approximate surface area is 133 Å². The van der Waals surface area contributed by atoms with Gasteiger partial charge in [0.1, 0.15) is 0 Å². The molecule has 0 radical (unpaired) electrons. The maximum Gasteiger partial charge on any atom is 0.0575 e. The van der Waals surface area contributed by atoms with E-state index in [1.807, 2.05) is 0 Å². The minimum Gasteiger partial charge on any atom is -0.378 e. The third kappa shape index (κ3) is 5.93. The number of hydrogen-bond donors (Lipinski definition) is 0. The monoisotopic (exact) mass is 294 g/mol. The van der Waals surface area contributed by atoms with Crippen molar-refractivity contribution in [2.45, 2.75) is 103 Å².